The Morgan fingerprint density at radius 3 is 3.10 bits per heavy atom. The predicted molar refractivity (Wildman–Crippen MR) is 76.3 cm³/mol. The normalized spacial score (nSPS) is 12.8. The Hall–Kier alpha value is -2.34. The lowest BCUT2D eigenvalue weighted by molar-refractivity contribution is -0.120. The number of carbonyl (C=O) groups excluding carboxylic acids is 1. The molecular formula is C14H12N2O3S. The number of amides is 1. The summed E-state index contributed by atoms with van der Waals surface area (Å²) in [4.78, 5) is 12.7. The second-order valence-corrected chi connectivity index (χ2v) is 5.15. The van der Waals surface area contributed by atoms with Gasteiger partial charge in [-0.15, -0.1) is 11.3 Å². The number of ether oxygens (including phenoxy) is 2. The van der Waals surface area contributed by atoms with Crippen LogP contribution in [0.15, 0.2) is 40.8 Å². The minimum Gasteiger partial charge on any atom is -0.454 e. The van der Waals surface area contributed by atoms with Crippen LogP contribution in [0.5, 0.6) is 11.5 Å². The zero-order valence-corrected chi connectivity index (χ0v) is 11.4. The summed E-state index contributed by atoms with van der Waals surface area (Å²) in [5.74, 6) is 1.22. The van der Waals surface area contributed by atoms with Crippen molar-refractivity contribution in [1.29, 1.82) is 0 Å². The third-order valence-corrected chi connectivity index (χ3v) is 3.53. The fraction of sp³-hybridized carbons (Fsp3) is 0.143. The molecule has 1 aromatic heterocycles. The summed E-state index contributed by atoms with van der Waals surface area (Å²) >= 11 is 1.56. The topological polar surface area (TPSA) is 59.9 Å². The van der Waals surface area contributed by atoms with E-state index in [-0.39, 0.29) is 19.1 Å². The van der Waals surface area contributed by atoms with Crippen LogP contribution in [0.4, 0.5) is 0 Å². The van der Waals surface area contributed by atoms with Crippen molar-refractivity contribution in [2.75, 3.05) is 6.79 Å². The van der Waals surface area contributed by atoms with Crippen LogP contribution in [0.1, 0.15) is 10.4 Å². The first-order valence-electron chi connectivity index (χ1n) is 6.05. The van der Waals surface area contributed by atoms with Crippen LogP contribution < -0.4 is 14.9 Å². The minimum atomic E-state index is -0.170. The molecule has 102 valence electrons. The van der Waals surface area contributed by atoms with E-state index in [0.717, 1.165) is 10.4 Å². The Balaban J connectivity index is 1.56. The smallest absolute Gasteiger partial charge is 0.244 e. The highest BCUT2D eigenvalue weighted by atomic mass is 32.1. The van der Waals surface area contributed by atoms with Gasteiger partial charge in [0, 0.05) is 4.88 Å². The van der Waals surface area contributed by atoms with E-state index in [9.17, 15) is 4.79 Å². The SMILES string of the molecule is O=C(Cc1ccc2c(c1)OCO2)N/N=C\c1cccs1. The second-order valence-electron chi connectivity index (χ2n) is 4.17. The number of hydrogen-bond acceptors (Lipinski definition) is 5. The molecule has 20 heavy (non-hydrogen) atoms. The van der Waals surface area contributed by atoms with Gasteiger partial charge in [0.25, 0.3) is 0 Å². The van der Waals surface area contributed by atoms with E-state index in [1.54, 1.807) is 23.6 Å². The monoisotopic (exact) mass is 288 g/mol. The summed E-state index contributed by atoms with van der Waals surface area (Å²) in [7, 11) is 0. The average Bonchev–Trinajstić information content (AvgIpc) is 3.08. The van der Waals surface area contributed by atoms with Crippen LogP contribution in [0, 0.1) is 0 Å². The molecule has 0 unspecified atom stereocenters. The molecule has 0 saturated heterocycles. The van der Waals surface area contributed by atoms with Gasteiger partial charge in [-0.05, 0) is 29.1 Å². The molecule has 1 aromatic carbocycles. The van der Waals surface area contributed by atoms with Crippen molar-refractivity contribution in [2.24, 2.45) is 5.10 Å². The third kappa shape index (κ3) is 2.97. The number of carbonyl (C=O) groups is 1. The highest BCUT2D eigenvalue weighted by Crippen LogP contribution is 2.32. The molecule has 1 amide bonds. The number of rotatable bonds is 4. The Morgan fingerprint density at radius 2 is 2.25 bits per heavy atom. The fourth-order valence-corrected chi connectivity index (χ4v) is 2.39. The Labute approximate surface area is 119 Å². The van der Waals surface area contributed by atoms with E-state index >= 15 is 0 Å². The zero-order valence-electron chi connectivity index (χ0n) is 10.5. The third-order valence-electron chi connectivity index (χ3n) is 2.73. The van der Waals surface area contributed by atoms with Gasteiger partial charge < -0.3 is 9.47 Å². The molecule has 0 atom stereocenters. The molecule has 3 rings (SSSR count). The summed E-state index contributed by atoms with van der Waals surface area (Å²) in [6, 6.07) is 9.32. The van der Waals surface area contributed by atoms with Gasteiger partial charge in [0.2, 0.25) is 12.7 Å². The maximum Gasteiger partial charge on any atom is 0.244 e. The molecular weight excluding hydrogens is 276 g/mol. The largest absolute Gasteiger partial charge is 0.454 e. The maximum absolute atomic E-state index is 11.7. The molecule has 0 radical (unpaired) electrons. The molecule has 2 aromatic rings. The van der Waals surface area contributed by atoms with E-state index in [4.69, 9.17) is 9.47 Å². The van der Waals surface area contributed by atoms with Gasteiger partial charge in [0.15, 0.2) is 11.5 Å². The Morgan fingerprint density at radius 1 is 1.35 bits per heavy atom. The molecule has 5 nitrogen and oxygen atoms in total. The fourth-order valence-electron chi connectivity index (χ4n) is 1.81. The standard InChI is InChI=1S/C14H12N2O3S/c17-14(16-15-8-11-2-1-5-20-11)7-10-3-4-12-13(6-10)19-9-18-12/h1-6,8H,7,9H2,(H,16,17)/b15-8-. The summed E-state index contributed by atoms with van der Waals surface area (Å²) < 4.78 is 10.5. The van der Waals surface area contributed by atoms with E-state index in [1.165, 1.54) is 0 Å². The summed E-state index contributed by atoms with van der Waals surface area (Å²) in [5.41, 5.74) is 3.36. The van der Waals surface area contributed by atoms with Crippen LogP contribution in [0.25, 0.3) is 0 Å². The zero-order chi connectivity index (χ0) is 13.8. The Bertz CT molecular complexity index is 638. The van der Waals surface area contributed by atoms with E-state index in [2.05, 4.69) is 10.5 Å². The number of hydrogen-bond donors (Lipinski definition) is 1. The van der Waals surface area contributed by atoms with E-state index < -0.39 is 0 Å². The minimum absolute atomic E-state index is 0.170. The number of fused-ring (bicyclic) bond motifs is 1. The van der Waals surface area contributed by atoms with Gasteiger partial charge in [-0.3, -0.25) is 4.79 Å². The van der Waals surface area contributed by atoms with Gasteiger partial charge in [0.05, 0.1) is 12.6 Å². The number of benzene rings is 1. The number of thiophene rings is 1. The second kappa shape index (κ2) is 5.75. The quantitative estimate of drug-likeness (QED) is 0.693. The molecule has 0 saturated carbocycles. The molecule has 0 bridgehead atoms. The lowest BCUT2D eigenvalue weighted by Crippen LogP contribution is -2.19. The van der Waals surface area contributed by atoms with Crippen molar-refractivity contribution in [1.82, 2.24) is 5.43 Å². The van der Waals surface area contributed by atoms with Crippen LogP contribution in [-0.4, -0.2) is 18.9 Å². The van der Waals surface area contributed by atoms with Crippen LogP contribution in [0.2, 0.25) is 0 Å². The lowest BCUT2D eigenvalue weighted by Gasteiger charge is -2.02. The van der Waals surface area contributed by atoms with E-state index in [0.29, 0.717) is 11.5 Å². The first kappa shape index (κ1) is 12.7. The number of nitrogens with zero attached hydrogens (tertiary/aromatic N) is 1. The molecule has 1 aliphatic heterocycles. The predicted octanol–water partition coefficient (Wildman–Crippen LogP) is 2.17. The van der Waals surface area contributed by atoms with Crippen molar-refractivity contribution < 1.29 is 14.3 Å². The van der Waals surface area contributed by atoms with E-state index in [1.807, 2.05) is 29.6 Å². The van der Waals surface area contributed by atoms with Crippen LogP contribution in [-0.2, 0) is 11.2 Å². The number of hydrazone groups is 1. The Kier molecular flexibility index (Phi) is 3.64. The molecule has 1 aliphatic rings. The first-order chi connectivity index (χ1) is 9.81. The molecule has 2 heterocycles. The van der Waals surface area contributed by atoms with Crippen LogP contribution in [0.3, 0.4) is 0 Å². The van der Waals surface area contributed by atoms with Crippen molar-refractivity contribution in [3.05, 3.63) is 46.2 Å². The summed E-state index contributed by atoms with van der Waals surface area (Å²) in [5, 5.41) is 5.87. The molecule has 0 aliphatic carbocycles. The summed E-state index contributed by atoms with van der Waals surface area (Å²) in [6.07, 6.45) is 1.88. The maximum atomic E-state index is 11.7. The van der Waals surface area contributed by atoms with Crippen molar-refractivity contribution in [2.45, 2.75) is 6.42 Å². The van der Waals surface area contributed by atoms with Gasteiger partial charge >= 0.3 is 0 Å². The number of nitrogens with one attached hydrogen (secondary N) is 1. The molecule has 0 fully saturated rings. The lowest BCUT2D eigenvalue weighted by atomic mass is 10.1. The van der Waals surface area contributed by atoms with Gasteiger partial charge in [-0.25, -0.2) is 5.43 Å². The molecule has 1 N–H and O–H groups in total. The van der Waals surface area contributed by atoms with Crippen LogP contribution >= 0.6 is 11.3 Å². The van der Waals surface area contributed by atoms with Gasteiger partial charge in [-0.2, -0.15) is 5.10 Å². The van der Waals surface area contributed by atoms with Crippen molar-refractivity contribution in [3.63, 3.8) is 0 Å². The van der Waals surface area contributed by atoms with Crippen molar-refractivity contribution >= 4 is 23.5 Å². The first-order valence-corrected chi connectivity index (χ1v) is 6.93. The van der Waals surface area contributed by atoms with Crippen molar-refractivity contribution in [3.8, 4) is 11.5 Å². The summed E-state index contributed by atoms with van der Waals surface area (Å²) in [6.45, 7) is 0.232. The average molecular weight is 288 g/mol. The molecule has 0 spiro atoms. The highest BCUT2D eigenvalue weighted by molar-refractivity contribution is 7.11. The molecule has 6 heteroatoms. The van der Waals surface area contributed by atoms with Gasteiger partial charge in [0.1, 0.15) is 0 Å². The highest BCUT2D eigenvalue weighted by Gasteiger charge is 2.14. The van der Waals surface area contributed by atoms with Gasteiger partial charge in [-0.1, -0.05) is 12.1 Å².